The summed E-state index contributed by atoms with van der Waals surface area (Å²) < 4.78 is 0. The highest BCUT2D eigenvalue weighted by atomic mass is 14.2. The standard InChI is InChI=1S/C10H14/c1-2-5-10-7-3-6-9(4-1)8-10/h1-2,4-5,9-10H,3,6-8H2/t9-,10-/m1/s1. The molecule has 0 aromatic carbocycles. The van der Waals surface area contributed by atoms with Gasteiger partial charge in [-0.05, 0) is 31.1 Å². The molecule has 0 amide bonds. The average molecular weight is 134 g/mol. The Morgan fingerprint density at radius 2 is 1.50 bits per heavy atom. The molecular formula is C10H14. The maximum Gasteiger partial charge on any atom is -0.0225 e. The van der Waals surface area contributed by atoms with E-state index in [1.807, 2.05) is 0 Å². The summed E-state index contributed by atoms with van der Waals surface area (Å²) >= 11 is 0. The molecule has 1 fully saturated rings. The highest BCUT2D eigenvalue weighted by Crippen LogP contribution is 2.32. The zero-order valence-corrected chi connectivity index (χ0v) is 6.29. The Labute approximate surface area is 62.6 Å². The molecule has 0 aliphatic heterocycles. The minimum absolute atomic E-state index is 0.897. The SMILES string of the molecule is C1=C[C@@H]2CCC[C@@H](C=C1)C2. The van der Waals surface area contributed by atoms with Crippen LogP contribution in [0.2, 0.25) is 0 Å². The molecule has 0 aromatic heterocycles. The lowest BCUT2D eigenvalue weighted by Gasteiger charge is -2.23. The van der Waals surface area contributed by atoms with Gasteiger partial charge in [0.25, 0.3) is 0 Å². The van der Waals surface area contributed by atoms with Crippen LogP contribution < -0.4 is 0 Å². The summed E-state index contributed by atoms with van der Waals surface area (Å²) in [5.74, 6) is 1.79. The first kappa shape index (κ1) is 6.21. The molecule has 2 rings (SSSR count). The Morgan fingerprint density at radius 1 is 0.900 bits per heavy atom. The number of hydrogen-bond donors (Lipinski definition) is 0. The average Bonchev–Trinajstić information content (AvgIpc) is 2.12. The molecule has 2 atom stereocenters. The number of fused-ring (bicyclic) bond motifs is 2. The van der Waals surface area contributed by atoms with E-state index in [9.17, 15) is 0 Å². The Morgan fingerprint density at radius 3 is 2.10 bits per heavy atom. The summed E-state index contributed by atoms with van der Waals surface area (Å²) in [6, 6.07) is 0. The highest BCUT2D eigenvalue weighted by Gasteiger charge is 2.18. The van der Waals surface area contributed by atoms with Crippen LogP contribution in [0.3, 0.4) is 0 Å². The summed E-state index contributed by atoms with van der Waals surface area (Å²) in [6.07, 6.45) is 14.9. The fourth-order valence-electron chi connectivity index (χ4n) is 2.06. The van der Waals surface area contributed by atoms with Gasteiger partial charge < -0.3 is 0 Å². The molecule has 0 heterocycles. The second kappa shape index (κ2) is 2.61. The number of hydrogen-bond acceptors (Lipinski definition) is 0. The second-order valence-corrected chi connectivity index (χ2v) is 3.46. The minimum atomic E-state index is 0.897. The predicted octanol–water partition coefficient (Wildman–Crippen LogP) is 2.92. The first-order valence-corrected chi connectivity index (χ1v) is 4.30. The summed E-state index contributed by atoms with van der Waals surface area (Å²) in [5.41, 5.74) is 0. The van der Waals surface area contributed by atoms with Gasteiger partial charge in [-0.3, -0.25) is 0 Å². The number of allylic oxidation sites excluding steroid dienone is 4. The van der Waals surface area contributed by atoms with Gasteiger partial charge in [0.1, 0.15) is 0 Å². The first-order chi connectivity index (χ1) is 4.95. The van der Waals surface area contributed by atoms with Gasteiger partial charge >= 0.3 is 0 Å². The quantitative estimate of drug-likeness (QED) is 0.478. The molecule has 0 aromatic rings. The first-order valence-electron chi connectivity index (χ1n) is 4.30. The predicted molar refractivity (Wildman–Crippen MR) is 43.7 cm³/mol. The number of rotatable bonds is 0. The van der Waals surface area contributed by atoms with Crippen LogP contribution in [0.4, 0.5) is 0 Å². The molecule has 2 aliphatic carbocycles. The van der Waals surface area contributed by atoms with E-state index in [2.05, 4.69) is 24.3 Å². The van der Waals surface area contributed by atoms with E-state index in [-0.39, 0.29) is 0 Å². The summed E-state index contributed by atoms with van der Waals surface area (Å²) in [6.45, 7) is 0. The highest BCUT2D eigenvalue weighted by molar-refractivity contribution is 5.11. The molecule has 0 nitrogen and oxygen atoms in total. The Balaban J connectivity index is 2.14. The van der Waals surface area contributed by atoms with Gasteiger partial charge in [-0.15, -0.1) is 0 Å². The van der Waals surface area contributed by atoms with Crippen LogP contribution in [0.1, 0.15) is 25.7 Å². The van der Waals surface area contributed by atoms with Crippen molar-refractivity contribution in [2.45, 2.75) is 25.7 Å². The maximum atomic E-state index is 2.37. The van der Waals surface area contributed by atoms with Crippen molar-refractivity contribution in [3.63, 3.8) is 0 Å². The van der Waals surface area contributed by atoms with E-state index in [1.54, 1.807) is 0 Å². The smallest absolute Gasteiger partial charge is 0.0225 e. The lowest BCUT2D eigenvalue weighted by atomic mass is 9.82. The molecule has 0 saturated heterocycles. The largest absolute Gasteiger partial charge is 0.0814 e. The minimum Gasteiger partial charge on any atom is -0.0814 e. The van der Waals surface area contributed by atoms with Crippen molar-refractivity contribution in [3.8, 4) is 0 Å². The van der Waals surface area contributed by atoms with Gasteiger partial charge in [-0.1, -0.05) is 30.7 Å². The molecule has 2 bridgehead atoms. The summed E-state index contributed by atoms with van der Waals surface area (Å²) in [4.78, 5) is 0. The van der Waals surface area contributed by atoms with Crippen molar-refractivity contribution >= 4 is 0 Å². The van der Waals surface area contributed by atoms with Crippen LogP contribution in [-0.4, -0.2) is 0 Å². The van der Waals surface area contributed by atoms with Gasteiger partial charge in [-0.2, -0.15) is 0 Å². The van der Waals surface area contributed by atoms with Crippen molar-refractivity contribution in [3.05, 3.63) is 24.3 Å². The van der Waals surface area contributed by atoms with E-state index in [0.717, 1.165) is 11.8 Å². The molecule has 0 heteroatoms. The van der Waals surface area contributed by atoms with Gasteiger partial charge in [-0.25, -0.2) is 0 Å². The van der Waals surface area contributed by atoms with Crippen LogP contribution in [0.15, 0.2) is 24.3 Å². The fraction of sp³-hybridized carbons (Fsp3) is 0.600. The lowest BCUT2D eigenvalue weighted by Crippen LogP contribution is -2.10. The molecule has 2 aliphatic rings. The van der Waals surface area contributed by atoms with Gasteiger partial charge in [0, 0.05) is 0 Å². The monoisotopic (exact) mass is 134 g/mol. The van der Waals surface area contributed by atoms with Gasteiger partial charge in [0.2, 0.25) is 0 Å². The van der Waals surface area contributed by atoms with E-state index >= 15 is 0 Å². The molecule has 0 N–H and O–H groups in total. The van der Waals surface area contributed by atoms with Crippen molar-refractivity contribution in [1.82, 2.24) is 0 Å². The van der Waals surface area contributed by atoms with Crippen LogP contribution in [0, 0.1) is 11.8 Å². The molecule has 0 unspecified atom stereocenters. The van der Waals surface area contributed by atoms with E-state index in [1.165, 1.54) is 25.7 Å². The van der Waals surface area contributed by atoms with Gasteiger partial charge in [0.15, 0.2) is 0 Å². The normalized spacial score (nSPS) is 37.6. The van der Waals surface area contributed by atoms with E-state index < -0.39 is 0 Å². The van der Waals surface area contributed by atoms with Crippen molar-refractivity contribution in [1.29, 1.82) is 0 Å². The summed E-state index contributed by atoms with van der Waals surface area (Å²) in [5, 5.41) is 0. The third-order valence-electron chi connectivity index (χ3n) is 2.63. The third-order valence-corrected chi connectivity index (χ3v) is 2.63. The molecule has 0 spiro atoms. The van der Waals surface area contributed by atoms with E-state index in [0.29, 0.717) is 0 Å². The van der Waals surface area contributed by atoms with Crippen molar-refractivity contribution in [2.24, 2.45) is 11.8 Å². The van der Waals surface area contributed by atoms with Crippen molar-refractivity contribution in [2.75, 3.05) is 0 Å². The van der Waals surface area contributed by atoms with Crippen LogP contribution >= 0.6 is 0 Å². The van der Waals surface area contributed by atoms with E-state index in [4.69, 9.17) is 0 Å². The van der Waals surface area contributed by atoms with Gasteiger partial charge in [0.05, 0.1) is 0 Å². The van der Waals surface area contributed by atoms with Crippen molar-refractivity contribution < 1.29 is 0 Å². The lowest BCUT2D eigenvalue weighted by molar-refractivity contribution is 0.355. The second-order valence-electron chi connectivity index (χ2n) is 3.46. The zero-order chi connectivity index (χ0) is 6.81. The van der Waals surface area contributed by atoms with Crippen LogP contribution in [0.25, 0.3) is 0 Å². The maximum absolute atomic E-state index is 2.37. The zero-order valence-electron chi connectivity index (χ0n) is 6.29. The molecule has 1 saturated carbocycles. The molecular weight excluding hydrogens is 120 g/mol. The Bertz CT molecular complexity index is 147. The van der Waals surface area contributed by atoms with Crippen LogP contribution in [-0.2, 0) is 0 Å². The molecule has 10 heavy (non-hydrogen) atoms. The Hall–Kier alpha value is -0.520. The molecule has 0 radical (unpaired) electrons. The van der Waals surface area contributed by atoms with Crippen LogP contribution in [0.5, 0.6) is 0 Å². The summed E-state index contributed by atoms with van der Waals surface area (Å²) in [7, 11) is 0. The Kier molecular flexibility index (Phi) is 1.62. The fourth-order valence-corrected chi connectivity index (χ4v) is 2.06. The molecule has 54 valence electrons. The third kappa shape index (κ3) is 1.16. The topological polar surface area (TPSA) is 0 Å².